The van der Waals surface area contributed by atoms with Gasteiger partial charge in [-0.05, 0) is 17.3 Å². The van der Waals surface area contributed by atoms with Gasteiger partial charge in [-0.3, -0.25) is 0 Å². The summed E-state index contributed by atoms with van der Waals surface area (Å²) in [6, 6.07) is 0. The standard InChI is InChI=1S/C15H32O/c1-8-9-10-11-12-15(16,13(2,3)4)14(5,6)7/h16H,8-12H2,1-7H3. The largest absolute Gasteiger partial charge is 0.389 e. The van der Waals surface area contributed by atoms with Gasteiger partial charge in [-0.25, -0.2) is 0 Å². The van der Waals surface area contributed by atoms with Crippen molar-refractivity contribution in [2.24, 2.45) is 10.8 Å². The van der Waals surface area contributed by atoms with Gasteiger partial charge >= 0.3 is 0 Å². The molecule has 0 rings (SSSR count). The zero-order chi connectivity index (χ0) is 13.0. The van der Waals surface area contributed by atoms with E-state index in [0.717, 1.165) is 12.8 Å². The van der Waals surface area contributed by atoms with Gasteiger partial charge in [0.1, 0.15) is 0 Å². The van der Waals surface area contributed by atoms with E-state index < -0.39 is 5.60 Å². The molecule has 1 heteroatoms. The second-order valence-corrected chi connectivity index (χ2v) is 7.17. The van der Waals surface area contributed by atoms with E-state index in [0.29, 0.717) is 0 Å². The summed E-state index contributed by atoms with van der Waals surface area (Å²) in [5.74, 6) is 0. The van der Waals surface area contributed by atoms with Crippen molar-refractivity contribution in [1.29, 1.82) is 0 Å². The molecule has 0 spiro atoms. The summed E-state index contributed by atoms with van der Waals surface area (Å²) in [6.07, 6.45) is 5.83. The number of hydrogen-bond acceptors (Lipinski definition) is 1. The first-order valence-electron chi connectivity index (χ1n) is 6.78. The van der Waals surface area contributed by atoms with Crippen LogP contribution in [0.4, 0.5) is 0 Å². The number of hydrogen-bond donors (Lipinski definition) is 1. The second kappa shape index (κ2) is 5.53. The molecule has 0 bridgehead atoms. The Kier molecular flexibility index (Phi) is 5.52. The van der Waals surface area contributed by atoms with Crippen LogP contribution >= 0.6 is 0 Å². The molecule has 16 heavy (non-hydrogen) atoms. The molecule has 0 aliphatic rings. The molecule has 0 saturated heterocycles. The number of aliphatic hydroxyl groups is 1. The van der Waals surface area contributed by atoms with Gasteiger partial charge in [0.15, 0.2) is 0 Å². The van der Waals surface area contributed by atoms with Gasteiger partial charge in [0.05, 0.1) is 5.60 Å². The molecule has 0 aliphatic carbocycles. The molecule has 1 N–H and O–H groups in total. The zero-order valence-electron chi connectivity index (χ0n) is 12.5. The molecular formula is C15H32O. The molecule has 0 amide bonds. The Balaban J connectivity index is 4.59. The van der Waals surface area contributed by atoms with Crippen LogP contribution < -0.4 is 0 Å². The molecule has 98 valence electrons. The van der Waals surface area contributed by atoms with E-state index in [1.54, 1.807) is 0 Å². The summed E-state index contributed by atoms with van der Waals surface area (Å²) >= 11 is 0. The molecule has 1 nitrogen and oxygen atoms in total. The maximum absolute atomic E-state index is 11.0. The van der Waals surface area contributed by atoms with E-state index in [-0.39, 0.29) is 10.8 Å². The van der Waals surface area contributed by atoms with Crippen molar-refractivity contribution in [3.05, 3.63) is 0 Å². The molecule has 0 atom stereocenters. The Morgan fingerprint density at radius 2 is 1.19 bits per heavy atom. The van der Waals surface area contributed by atoms with Crippen molar-refractivity contribution in [2.75, 3.05) is 0 Å². The third-order valence-corrected chi connectivity index (χ3v) is 3.87. The van der Waals surface area contributed by atoms with E-state index in [9.17, 15) is 5.11 Å². The summed E-state index contributed by atoms with van der Waals surface area (Å²) in [7, 11) is 0. The van der Waals surface area contributed by atoms with E-state index in [1.165, 1.54) is 19.3 Å². The highest BCUT2D eigenvalue weighted by Crippen LogP contribution is 2.47. The summed E-state index contributed by atoms with van der Waals surface area (Å²) in [5.41, 5.74) is -0.692. The molecule has 0 radical (unpaired) electrons. The third-order valence-electron chi connectivity index (χ3n) is 3.87. The fourth-order valence-corrected chi connectivity index (χ4v) is 2.68. The highest BCUT2D eigenvalue weighted by molar-refractivity contribution is 4.99. The van der Waals surface area contributed by atoms with Crippen molar-refractivity contribution in [3.8, 4) is 0 Å². The number of rotatable bonds is 5. The molecule has 0 aromatic rings. The van der Waals surface area contributed by atoms with Crippen molar-refractivity contribution in [2.45, 2.75) is 86.2 Å². The van der Waals surface area contributed by atoms with Crippen LogP contribution in [-0.4, -0.2) is 10.7 Å². The van der Waals surface area contributed by atoms with E-state index in [4.69, 9.17) is 0 Å². The van der Waals surface area contributed by atoms with Gasteiger partial charge in [0.25, 0.3) is 0 Å². The van der Waals surface area contributed by atoms with Gasteiger partial charge in [-0.1, -0.05) is 74.1 Å². The Bertz CT molecular complexity index is 178. The van der Waals surface area contributed by atoms with E-state index >= 15 is 0 Å². The van der Waals surface area contributed by atoms with Gasteiger partial charge in [0, 0.05) is 0 Å². The van der Waals surface area contributed by atoms with Crippen LogP contribution in [-0.2, 0) is 0 Å². The molecule has 0 aliphatic heterocycles. The Labute approximate surface area is 103 Å². The van der Waals surface area contributed by atoms with Crippen LogP contribution in [0.15, 0.2) is 0 Å². The van der Waals surface area contributed by atoms with Crippen LogP contribution in [0.2, 0.25) is 0 Å². The van der Waals surface area contributed by atoms with Crippen molar-refractivity contribution in [3.63, 3.8) is 0 Å². The van der Waals surface area contributed by atoms with E-state index in [2.05, 4.69) is 48.5 Å². The normalized spacial score (nSPS) is 14.2. The Hall–Kier alpha value is -0.0400. The molecule has 0 unspecified atom stereocenters. The first kappa shape index (κ1) is 16.0. The molecule has 0 heterocycles. The quantitative estimate of drug-likeness (QED) is 0.671. The van der Waals surface area contributed by atoms with Crippen LogP contribution in [0, 0.1) is 10.8 Å². The van der Waals surface area contributed by atoms with Crippen molar-refractivity contribution < 1.29 is 5.11 Å². The van der Waals surface area contributed by atoms with Gasteiger partial charge in [-0.15, -0.1) is 0 Å². The summed E-state index contributed by atoms with van der Waals surface area (Å²) < 4.78 is 0. The summed E-state index contributed by atoms with van der Waals surface area (Å²) in [5, 5.41) is 11.0. The third kappa shape index (κ3) is 3.76. The average molecular weight is 228 g/mol. The van der Waals surface area contributed by atoms with Crippen molar-refractivity contribution in [1.82, 2.24) is 0 Å². The van der Waals surface area contributed by atoms with Gasteiger partial charge in [0.2, 0.25) is 0 Å². The van der Waals surface area contributed by atoms with E-state index in [1.807, 2.05) is 0 Å². The highest BCUT2D eigenvalue weighted by atomic mass is 16.3. The molecular weight excluding hydrogens is 196 g/mol. The zero-order valence-corrected chi connectivity index (χ0v) is 12.5. The van der Waals surface area contributed by atoms with Crippen LogP contribution in [0.1, 0.15) is 80.6 Å². The molecule has 0 aromatic carbocycles. The summed E-state index contributed by atoms with van der Waals surface area (Å²) in [6.45, 7) is 15.1. The van der Waals surface area contributed by atoms with Crippen LogP contribution in [0.5, 0.6) is 0 Å². The number of unbranched alkanes of at least 4 members (excludes halogenated alkanes) is 3. The lowest BCUT2D eigenvalue weighted by molar-refractivity contribution is -0.143. The topological polar surface area (TPSA) is 20.2 Å². The first-order valence-corrected chi connectivity index (χ1v) is 6.78. The lowest BCUT2D eigenvalue weighted by Crippen LogP contribution is -2.53. The highest BCUT2D eigenvalue weighted by Gasteiger charge is 2.48. The molecule has 0 aromatic heterocycles. The Morgan fingerprint density at radius 3 is 1.50 bits per heavy atom. The lowest BCUT2D eigenvalue weighted by atomic mass is 9.60. The summed E-state index contributed by atoms with van der Waals surface area (Å²) in [4.78, 5) is 0. The SMILES string of the molecule is CCCCCCC(O)(C(C)(C)C)C(C)(C)C. The monoisotopic (exact) mass is 228 g/mol. The average Bonchev–Trinajstić information content (AvgIpc) is 2.08. The van der Waals surface area contributed by atoms with Crippen molar-refractivity contribution >= 4 is 0 Å². The molecule has 0 saturated carbocycles. The fourth-order valence-electron chi connectivity index (χ4n) is 2.68. The van der Waals surface area contributed by atoms with Gasteiger partial charge < -0.3 is 5.11 Å². The first-order chi connectivity index (χ1) is 7.06. The second-order valence-electron chi connectivity index (χ2n) is 7.17. The minimum atomic E-state index is -0.576. The minimum Gasteiger partial charge on any atom is -0.389 e. The predicted molar refractivity (Wildman–Crippen MR) is 72.6 cm³/mol. The van der Waals surface area contributed by atoms with Gasteiger partial charge in [-0.2, -0.15) is 0 Å². The smallest absolute Gasteiger partial charge is 0.0743 e. The fraction of sp³-hybridized carbons (Fsp3) is 1.00. The maximum atomic E-state index is 11.0. The van der Waals surface area contributed by atoms with Crippen LogP contribution in [0.25, 0.3) is 0 Å². The Morgan fingerprint density at radius 1 is 0.750 bits per heavy atom. The molecule has 0 fully saturated rings. The predicted octanol–water partition coefficient (Wildman–Crippen LogP) is 4.78. The minimum absolute atomic E-state index is 0.0581. The maximum Gasteiger partial charge on any atom is 0.0743 e. The lowest BCUT2D eigenvalue weighted by Gasteiger charge is -2.50. The van der Waals surface area contributed by atoms with Crippen LogP contribution in [0.3, 0.4) is 0 Å².